The SMILES string of the molecule is Cc1cc(C)nc(NC(=O)c2sc3nc(C)cc(C)c3c2N)n1. The summed E-state index contributed by atoms with van der Waals surface area (Å²) in [7, 11) is 0. The van der Waals surface area contributed by atoms with E-state index in [1.54, 1.807) is 0 Å². The van der Waals surface area contributed by atoms with Crippen LogP contribution in [0.3, 0.4) is 0 Å². The van der Waals surface area contributed by atoms with Gasteiger partial charge in [-0.05, 0) is 45.4 Å². The summed E-state index contributed by atoms with van der Waals surface area (Å²) >= 11 is 1.28. The number of thiophene rings is 1. The van der Waals surface area contributed by atoms with Crippen LogP contribution in [0, 0.1) is 27.7 Å². The fourth-order valence-corrected chi connectivity index (χ4v) is 3.69. The number of fused-ring (bicyclic) bond motifs is 1. The molecule has 0 radical (unpaired) electrons. The quantitative estimate of drug-likeness (QED) is 0.754. The van der Waals surface area contributed by atoms with Crippen molar-refractivity contribution in [2.24, 2.45) is 0 Å². The topological polar surface area (TPSA) is 93.8 Å². The Bertz CT molecular complexity index is 912. The van der Waals surface area contributed by atoms with Gasteiger partial charge in [-0.25, -0.2) is 15.0 Å². The van der Waals surface area contributed by atoms with Gasteiger partial charge in [0.2, 0.25) is 5.95 Å². The third-order valence-electron chi connectivity index (χ3n) is 3.44. The van der Waals surface area contributed by atoms with Crippen LogP contribution in [0.15, 0.2) is 12.1 Å². The van der Waals surface area contributed by atoms with Crippen LogP contribution in [0.4, 0.5) is 11.6 Å². The van der Waals surface area contributed by atoms with Gasteiger partial charge in [0.25, 0.3) is 5.91 Å². The Morgan fingerprint density at radius 2 is 1.65 bits per heavy atom. The van der Waals surface area contributed by atoms with E-state index in [1.807, 2.05) is 39.8 Å². The monoisotopic (exact) mass is 327 g/mol. The average Bonchev–Trinajstić information content (AvgIpc) is 2.74. The first-order chi connectivity index (χ1) is 10.8. The molecule has 1 amide bonds. The molecule has 3 N–H and O–H groups in total. The molecule has 0 fully saturated rings. The van der Waals surface area contributed by atoms with E-state index in [1.165, 1.54) is 11.3 Å². The van der Waals surface area contributed by atoms with Gasteiger partial charge in [0.15, 0.2) is 0 Å². The highest BCUT2D eigenvalue weighted by Gasteiger charge is 2.19. The molecular weight excluding hydrogens is 310 g/mol. The highest BCUT2D eigenvalue weighted by molar-refractivity contribution is 7.21. The van der Waals surface area contributed by atoms with Gasteiger partial charge in [0.05, 0.1) is 5.69 Å². The first-order valence-corrected chi connectivity index (χ1v) is 7.96. The summed E-state index contributed by atoms with van der Waals surface area (Å²) in [6, 6.07) is 3.81. The molecule has 3 aromatic heterocycles. The first kappa shape index (κ1) is 15.4. The summed E-state index contributed by atoms with van der Waals surface area (Å²) in [5, 5.41) is 3.56. The molecule has 23 heavy (non-hydrogen) atoms. The predicted molar refractivity (Wildman–Crippen MR) is 93.0 cm³/mol. The minimum Gasteiger partial charge on any atom is -0.397 e. The van der Waals surface area contributed by atoms with Gasteiger partial charge in [0.1, 0.15) is 9.71 Å². The smallest absolute Gasteiger partial charge is 0.270 e. The Kier molecular flexibility index (Phi) is 3.73. The van der Waals surface area contributed by atoms with Crippen molar-refractivity contribution in [3.8, 4) is 0 Å². The van der Waals surface area contributed by atoms with E-state index in [0.29, 0.717) is 10.6 Å². The molecule has 0 saturated heterocycles. The lowest BCUT2D eigenvalue weighted by Crippen LogP contribution is -2.15. The number of aryl methyl sites for hydroxylation is 4. The number of nitrogen functional groups attached to an aromatic ring is 1. The van der Waals surface area contributed by atoms with Crippen LogP contribution in [0.5, 0.6) is 0 Å². The van der Waals surface area contributed by atoms with Crippen molar-refractivity contribution in [3.63, 3.8) is 0 Å². The molecule has 0 spiro atoms. The molecule has 0 atom stereocenters. The second kappa shape index (κ2) is 5.58. The van der Waals surface area contributed by atoms with Crippen molar-refractivity contribution in [1.82, 2.24) is 15.0 Å². The Labute approximate surface area is 137 Å². The third kappa shape index (κ3) is 2.87. The number of amides is 1. The highest BCUT2D eigenvalue weighted by atomic mass is 32.1. The first-order valence-electron chi connectivity index (χ1n) is 7.15. The zero-order chi connectivity index (χ0) is 16.7. The number of hydrogen-bond acceptors (Lipinski definition) is 6. The van der Waals surface area contributed by atoms with Gasteiger partial charge in [-0.1, -0.05) is 0 Å². The summed E-state index contributed by atoms with van der Waals surface area (Å²) in [6.45, 7) is 7.60. The molecule has 0 aliphatic rings. The Balaban J connectivity index is 2.01. The van der Waals surface area contributed by atoms with Crippen LogP contribution < -0.4 is 11.1 Å². The van der Waals surface area contributed by atoms with Crippen LogP contribution in [0.1, 0.15) is 32.3 Å². The van der Waals surface area contributed by atoms with Crippen molar-refractivity contribution >= 4 is 39.1 Å². The van der Waals surface area contributed by atoms with E-state index in [-0.39, 0.29) is 11.9 Å². The zero-order valence-corrected chi connectivity index (χ0v) is 14.2. The molecule has 3 aromatic rings. The van der Waals surface area contributed by atoms with E-state index in [0.717, 1.165) is 32.9 Å². The molecule has 0 aliphatic heterocycles. The van der Waals surface area contributed by atoms with Crippen LogP contribution >= 0.6 is 11.3 Å². The number of nitrogens with one attached hydrogen (secondary N) is 1. The highest BCUT2D eigenvalue weighted by Crippen LogP contribution is 2.35. The maximum atomic E-state index is 12.5. The average molecular weight is 327 g/mol. The van der Waals surface area contributed by atoms with E-state index >= 15 is 0 Å². The summed E-state index contributed by atoms with van der Waals surface area (Å²) < 4.78 is 0. The summed E-state index contributed by atoms with van der Waals surface area (Å²) in [6.07, 6.45) is 0. The summed E-state index contributed by atoms with van der Waals surface area (Å²) in [5.41, 5.74) is 10.1. The lowest BCUT2D eigenvalue weighted by molar-refractivity contribution is 0.103. The number of hydrogen-bond donors (Lipinski definition) is 2. The Morgan fingerprint density at radius 1 is 1.04 bits per heavy atom. The molecule has 7 heteroatoms. The number of pyridine rings is 1. The summed E-state index contributed by atoms with van der Waals surface area (Å²) in [4.78, 5) is 26.6. The largest absolute Gasteiger partial charge is 0.397 e. The second-order valence-electron chi connectivity index (χ2n) is 5.53. The molecule has 3 rings (SSSR count). The number of nitrogens with two attached hydrogens (primary N) is 1. The predicted octanol–water partition coefficient (Wildman–Crippen LogP) is 3.15. The van der Waals surface area contributed by atoms with Gasteiger partial charge in [0, 0.05) is 22.5 Å². The molecule has 0 aromatic carbocycles. The normalized spacial score (nSPS) is 11.0. The van der Waals surface area contributed by atoms with Gasteiger partial charge in [-0.3, -0.25) is 10.1 Å². The molecule has 3 heterocycles. The minimum atomic E-state index is -0.312. The summed E-state index contributed by atoms with van der Waals surface area (Å²) in [5.74, 6) is -0.0298. The van der Waals surface area contributed by atoms with Crippen molar-refractivity contribution in [2.75, 3.05) is 11.1 Å². The molecular formula is C16H17N5OS. The molecule has 0 bridgehead atoms. The maximum absolute atomic E-state index is 12.5. The van der Waals surface area contributed by atoms with Crippen molar-refractivity contribution < 1.29 is 4.79 Å². The van der Waals surface area contributed by atoms with Crippen LogP contribution in [-0.2, 0) is 0 Å². The number of carbonyl (C=O) groups is 1. The molecule has 118 valence electrons. The number of carbonyl (C=O) groups excluding carboxylic acids is 1. The number of anilines is 2. The maximum Gasteiger partial charge on any atom is 0.270 e. The molecule has 0 saturated carbocycles. The molecule has 0 aliphatic carbocycles. The zero-order valence-electron chi connectivity index (χ0n) is 13.4. The lowest BCUT2D eigenvalue weighted by Gasteiger charge is -2.05. The fraction of sp³-hybridized carbons (Fsp3) is 0.250. The molecule has 0 unspecified atom stereocenters. The number of nitrogens with zero attached hydrogens (tertiary/aromatic N) is 3. The van der Waals surface area contributed by atoms with Gasteiger partial charge < -0.3 is 5.73 Å². The van der Waals surface area contributed by atoms with E-state index in [2.05, 4.69) is 20.3 Å². The van der Waals surface area contributed by atoms with Crippen molar-refractivity contribution in [3.05, 3.63) is 39.7 Å². The number of rotatable bonds is 2. The van der Waals surface area contributed by atoms with E-state index in [9.17, 15) is 4.79 Å². The second-order valence-corrected chi connectivity index (χ2v) is 6.53. The van der Waals surface area contributed by atoms with E-state index < -0.39 is 0 Å². The van der Waals surface area contributed by atoms with Gasteiger partial charge in [-0.15, -0.1) is 11.3 Å². The van der Waals surface area contributed by atoms with Crippen molar-refractivity contribution in [1.29, 1.82) is 0 Å². The van der Waals surface area contributed by atoms with Crippen molar-refractivity contribution in [2.45, 2.75) is 27.7 Å². The Hall–Kier alpha value is -2.54. The fourth-order valence-electron chi connectivity index (χ4n) is 2.58. The standard InChI is InChI=1S/C16H17N5OS/c1-7-5-8(2)18-15-11(7)12(17)13(23-15)14(22)21-16-19-9(3)6-10(4)20-16/h5-6H,17H2,1-4H3,(H,19,20,21,22). The van der Waals surface area contributed by atoms with Crippen LogP contribution in [0.25, 0.3) is 10.2 Å². The van der Waals surface area contributed by atoms with Crippen LogP contribution in [0.2, 0.25) is 0 Å². The van der Waals surface area contributed by atoms with E-state index in [4.69, 9.17) is 5.73 Å². The minimum absolute atomic E-state index is 0.283. The lowest BCUT2D eigenvalue weighted by atomic mass is 10.1. The number of aromatic nitrogens is 3. The van der Waals surface area contributed by atoms with Crippen LogP contribution in [-0.4, -0.2) is 20.9 Å². The van der Waals surface area contributed by atoms with Gasteiger partial charge >= 0.3 is 0 Å². The Morgan fingerprint density at radius 3 is 2.30 bits per heavy atom. The van der Waals surface area contributed by atoms with Gasteiger partial charge in [-0.2, -0.15) is 0 Å². The molecule has 6 nitrogen and oxygen atoms in total. The third-order valence-corrected chi connectivity index (χ3v) is 4.54.